The molecule has 1 aromatic heterocycles. The highest BCUT2D eigenvalue weighted by molar-refractivity contribution is 6.67. The average Bonchev–Trinajstić information content (AvgIpc) is 2.66. The number of halogens is 6. The fourth-order valence-corrected chi connectivity index (χ4v) is 3.01. The van der Waals surface area contributed by atoms with Crippen LogP contribution in [-0.4, -0.2) is 15.0 Å². The first-order valence-corrected chi connectivity index (χ1v) is 10.4. The van der Waals surface area contributed by atoms with E-state index < -0.39 is 7.59 Å². The zero-order chi connectivity index (χ0) is 20.4. The number of allylic oxidation sites excluding steroid dienone is 5. The molecule has 0 radical (unpaired) electrons. The molecule has 1 aromatic carbocycles. The molecule has 0 bridgehead atoms. The molecule has 0 amide bonds. The molecule has 0 N–H and O–H groups in total. The molecular formula is C19H13Cl6N3. The van der Waals surface area contributed by atoms with Crippen LogP contribution in [0.5, 0.6) is 0 Å². The number of aromatic nitrogens is 3. The van der Waals surface area contributed by atoms with Crippen LogP contribution in [-0.2, 0) is 7.59 Å². The van der Waals surface area contributed by atoms with Crippen LogP contribution < -0.4 is 0 Å². The molecule has 1 aliphatic rings. The van der Waals surface area contributed by atoms with Crippen LogP contribution in [0.4, 0.5) is 0 Å². The standard InChI is InChI=1S/C19H13Cl6N3/c20-18(21,22)16-26-15(27-17(28-16)19(23,24)25)14-10-8-13(9-11-14)7-6-12-4-2-1-3-5-12/h1-8,10-11,13H,9H2/b7-6+. The highest BCUT2D eigenvalue weighted by Crippen LogP contribution is 2.40. The lowest BCUT2D eigenvalue weighted by Gasteiger charge is -2.17. The summed E-state index contributed by atoms with van der Waals surface area (Å²) in [5.74, 6) is 0.305. The molecular weight excluding hydrogens is 483 g/mol. The average molecular weight is 496 g/mol. The Hall–Kier alpha value is -0.810. The van der Waals surface area contributed by atoms with Gasteiger partial charge < -0.3 is 0 Å². The van der Waals surface area contributed by atoms with Gasteiger partial charge in [0, 0.05) is 5.57 Å². The lowest BCUT2D eigenvalue weighted by Crippen LogP contribution is -2.18. The second kappa shape index (κ2) is 8.91. The number of hydrogen-bond donors (Lipinski definition) is 0. The molecule has 146 valence electrons. The first-order chi connectivity index (χ1) is 13.1. The third-order valence-electron chi connectivity index (χ3n) is 3.87. The molecule has 0 fully saturated rings. The molecule has 0 saturated carbocycles. The summed E-state index contributed by atoms with van der Waals surface area (Å²) >= 11 is 35.5. The summed E-state index contributed by atoms with van der Waals surface area (Å²) in [6, 6.07) is 10.1. The van der Waals surface area contributed by atoms with Gasteiger partial charge in [-0.3, -0.25) is 0 Å². The van der Waals surface area contributed by atoms with Crippen molar-refractivity contribution in [3.05, 3.63) is 77.7 Å². The Bertz CT molecular complexity index is 895. The molecule has 0 spiro atoms. The zero-order valence-corrected chi connectivity index (χ0v) is 18.7. The predicted octanol–water partition coefficient (Wildman–Crippen LogP) is 7.20. The van der Waals surface area contributed by atoms with Gasteiger partial charge in [0.1, 0.15) is 0 Å². The number of alkyl halides is 6. The third kappa shape index (κ3) is 5.85. The first-order valence-electron chi connectivity index (χ1n) is 8.15. The Morgan fingerprint density at radius 3 is 1.96 bits per heavy atom. The smallest absolute Gasteiger partial charge is 0.209 e. The van der Waals surface area contributed by atoms with E-state index in [1.165, 1.54) is 0 Å². The van der Waals surface area contributed by atoms with Crippen molar-refractivity contribution in [3.8, 4) is 0 Å². The number of rotatable bonds is 3. The Morgan fingerprint density at radius 1 is 0.857 bits per heavy atom. The van der Waals surface area contributed by atoms with Crippen LogP contribution in [0.1, 0.15) is 29.5 Å². The Kier molecular flexibility index (Phi) is 6.96. The van der Waals surface area contributed by atoms with E-state index in [1.54, 1.807) is 0 Å². The second-order valence-corrected chi connectivity index (χ2v) is 10.6. The van der Waals surface area contributed by atoms with Gasteiger partial charge in [0.25, 0.3) is 0 Å². The van der Waals surface area contributed by atoms with Crippen molar-refractivity contribution < 1.29 is 0 Å². The molecule has 1 unspecified atom stereocenters. The van der Waals surface area contributed by atoms with E-state index in [2.05, 4.69) is 27.1 Å². The summed E-state index contributed by atoms with van der Waals surface area (Å²) in [5, 5.41) is 0. The molecule has 3 nitrogen and oxygen atoms in total. The van der Waals surface area contributed by atoms with Gasteiger partial charge in [-0.15, -0.1) is 0 Å². The summed E-state index contributed by atoms with van der Waals surface area (Å²) in [7, 11) is 0. The third-order valence-corrected chi connectivity index (χ3v) is 4.88. The molecule has 1 heterocycles. The maximum atomic E-state index is 5.92. The summed E-state index contributed by atoms with van der Waals surface area (Å²) in [5.41, 5.74) is 1.88. The SMILES string of the molecule is ClC(Cl)(Cl)c1nc(C2=CCC(/C=C/c3ccccc3)C=C2)nc(C(Cl)(Cl)Cl)n1. The van der Waals surface area contributed by atoms with Crippen LogP contribution in [0.15, 0.2) is 54.6 Å². The summed E-state index contributed by atoms with van der Waals surface area (Å²) < 4.78 is -3.75. The van der Waals surface area contributed by atoms with Crippen LogP contribution >= 0.6 is 69.6 Å². The zero-order valence-electron chi connectivity index (χ0n) is 14.2. The second-order valence-electron chi connectivity index (χ2n) is 5.99. The highest BCUT2D eigenvalue weighted by atomic mass is 35.6. The fourth-order valence-electron chi connectivity index (χ4n) is 2.50. The summed E-state index contributed by atoms with van der Waals surface area (Å²) in [6.07, 6.45) is 10.9. The van der Waals surface area contributed by atoms with E-state index in [1.807, 2.05) is 48.6 Å². The Balaban J connectivity index is 1.84. The molecule has 2 aromatic rings. The Morgan fingerprint density at radius 2 is 1.46 bits per heavy atom. The van der Waals surface area contributed by atoms with Gasteiger partial charge >= 0.3 is 0 Å². The van der Waals surface area contributed by atoms with Crippen molar-refractivity contribution in [3.63, 3.8) is 0 Å². The molecule has 0 saturated heterocycles. The maximum absolute atomic E-state index is 5.92. The molecule has 0 aliphatic heterocycles. The van der Waals surface area contributed by atoms with E-state index >= 15 is 0 Å². The van der Waals surface area contributed by atoms with Gasteiger partial charge in [-0.25, -0.2) is 15.0 Å². The minimum atomic E-state index is -1.87. The summed E-state index contributed by atoms with van der Waals surface area (Å²) in [6.45, 7) is 0. The van der Waals surface area contributed by atoms with Crippen LogP contribution in [0, 0.1) is 5.92 Å². The molecule has 9 heteroatoms. The Labute approximate surface area is 193 Å². The maximum Gasteiger partial charge on any atom is 0.250 e. The predicted molar refractivity (Wildman–Crippen MR) is 119 cm³/mol. The monoisotopic (exact) mass is 493 g/mol. The van der Waals surface area contributed by atoms with Crippen molar-refractivity contribution in [2.24, 2.45) is 5.92 Å². The normalized spacial score (nSPS) is 17.8. The van der Waals surface area contributed by atoms with Crippen LogP contribution in [0.2, 0.25) is 0 Å². The van der Waals surface area contributed by atoms with Crippen LogP contribution in [0.25, 0.3) is 11.6 Å². The quantitative estimate of drug-likeness (QED) is 0.422. The number of hydrogen-bond acceptors (Lipinski definition) is 3. The largest absolute Gasteiger partial charge is 0.250 e. The first kappa shape index (κ1) is 21.9. The van der Waals surface area contributed by atoms with Gasteiger partial charge in [0.2, 0.25) is 7.59 Å². The van der Waals surface area contributed by atoms with Gasteiger partial charge in [-0.05, 0) is 17.9 Å². The topological polar surface area (TPSA) is 38.7 Å². The van der Waals surface area contributed by atoms with Crippen molar-refractivity contribution in [2.75, 3.05) is 0 Å². The number of benzene rings is 1. The number of nitrogens with zero attached hydrogens (tertiary/aromatic N) is 3. The summed E-state index contributed by atoms with van der Waals surface area (Å²) in [4.78, 5) is 12.4. The highest BCUT2D eigenvalue weighted by Gasteiger charge is 2.34. The van der Waals surface area contributed by atoms with E-state index in [0.717, 1.165) is 17.6 Å². The van der Waals surface area contributed by atoms with E-state index in [-0.39, 0.29) is 23.4 Å². The van der Waals surface area contributed by atoms with Gasteiger partial charge in [0.15, 0.2) is 17.5 Å². The lowest BCUT2D eigenvalue weighted by atomic mass is 9.95. The van der Waals surface area contributed by atoms with Crippen molar-refractivity contribution in [1.29, 1.82) is 0 Å². The van der Waals surface area contributed by atoms with Gasteiger partial charge in [0.05, 0.1) is 0 Å². The lowest BCUT2D eigenvalue weighted by molar-refractivity contribution is 0.812. The molecule has 1 aliphatic carbocycles. The molecule has 1 atom stereocenters. The fraction of sp³-hybridized carbons (Fsp3) is 0.211. The van der Waals surface area contributed by atoms with E-state index in [0.29, 0.717) is 0 Å². The van der Waals surface area contributed by atoms with E-state index in [4.69, 9.17) is 69.6 Å². The minimum absolute atomic E-state index is 0.107. The molecule has 3 rings (SSSR count). The minimum Gasteiger partial charge on any atom is -0.209 e. The van der Waals surface area contributed by atoms with Gasteiger partial charge in [-0.2, -0.15) is 0 Å². The van der Waals surface area contributed by atoms with Crippen molar-refractivity contribution >= 4 is 81.3 Å². The van der Waals surface area contributed by atoms with Crippen LogP contribution in [0.3, 0.4) is 0 Å². The van der Waals surface area contributed by atoms with Crippen molar-refractivity contribution in [2.45, 2.75) is 14.0 Å². The molecule has 28 heavy (non-hydrogen) atoms. The van der Waals surface area contributed by atoms with Gasteiger partial charge in [-0.1, -0.05) is 130 Å². The van der Waals surface area contributed by atoms with Crippen molar-refractivity contribution in [1.82, 2.24) is 15.0 Å². The van der Waals surface area contributed by atoms with E-state index in [9.17, 15) is 0 Å².